The molecule has 1 unspecified atom stereocenters. The third kappa shape index (κ3) is 7.10. The predicted molar refractivity (Wildman–Crippen MR) is 131 cm³/mol. The van der Waals surface area contributed by atoms with E-state index in [1.807, 2.05) is 11.8 Å². The van der Waals surface area contributed by atoms with Crippen LogP contribution in [0.3, 0.4) is 0 Å². The van der Waals surface area contributed by atoms with Crippen molar-refractivity contribution in [3.63, 3.8) is 0 Å². The number of carbonyl (C=O) groups excluding carboxylic acids is 1. The van der Waals surface area contributed by atoms with Crippen LogP contribution in [0.1, 0.15) is 19.8 Å². The number of rotatable bonds is 6. The Kier molecular flexibility index (Phi) is 10.9. The molecule has 12 heteroatoms. The second kappa shape index (κ2) is 12.7. The Bertz CT molecular complexity index is 674. The van der Waals surface area contributed by atoms with Crippen molar-refractivity contribution in [2.75, 3.05) is 76.2 Å². The summed E-state index contributed by atoms with van der Waals surface area (Å²) in [6.45, 7) is 7.43. The second-order valence-corrected chi connectivity index (χ2v) is 10.7. The smallest absolute Gasteiger partial charge is 0.251 e. The van der Waals surface area contributed by atoms with Gasteiger partial charge < -0.3 is 19.9 Å². The van der Waals surface area contributed by atoms with Gasteiger partial charge in [0.1, 0.15) is 6.10 Å². The molecule has 0 aromatic rings. The minimum absolute atomic E-state index is 0. The lowest BCUT2D eigenvalue weighted by Crippen LogP contribution is -2.55. The standard InChI is InChI=1S/C18H33N5O4S2.HI/c1-2-19-18(20-5-15-29(25,26)23-10-13-28-14-11-23)22-8-6-21(7-9-22)17(24)16-4-3-12-27-16;/h16H,2-15H2,1H3,(H,19,20);1H. The molecule has 0 saturated carbocycles. The zero-order valence-electron chi connectivity index (χ0n) is 17.6. The molecule has 0 bridgehead atoms. The Balaban J connectivity index is 0.00000320. The molecule has 1 amide bonds. The topological polar surface area (TPSA) is 94.5 Å². The molecule has 0 aromatic heterocycles. The number of nitrogens with one attached hydrogen (secondary N) is 1. The SMILES string of the molecule is CCNC(=NCCS(=O)(=O)N1CCSCC1)N1CCN(C(=O)C2CCCO2)CC1.I. The highest BCUT2D eigenvalue weighted by molar-refractivity contribution is 14.0. The van der Waals surface area contributed by atoms with Crippen molar-refractivity contribution >= 4 is 57.6 Å². The Morgan fingerprint density at radius 1 is 1.13 bits per heavy atom. The third-order valence-corrected chi connectivity index (χ3v) is 8.20. The van der Waals surface area contributed by atoms with Crippen molar-refractivity contribution < 1.29 is 17.9 Å². The van der Waals surface area contributed by atoms with Crippen molar-refractivity contribution in [1.82, 2.24) is 19.4 Å². The van der Waals surface area contributed by atoms with Crippen LogP contribution in [0.2, 0.25) is 0 Å². The summed E-state index contributed by atoms with van der Waals surface area (Å²) in [5.41, 5.74) is 0. The predicted octanol–water partition coefficient (Wildman–Crippen LogP) is 0.272. The maximum Gasteiger partial charge on any atom is 0.251 e. The molecular weight excluding hydrogens is 541 g/mol. The first-order chi connectivity index (χ1) is 14.0. The minimum atomic E-state index is -3.25. The van der Waals surface area contributed by atoms with Gasteiger partial charge in [-0.3, -0.25) is 9.79 Å². The number of hydrogen-bond donors (Lipinski definition) is 1. The number of hydrogen-bond acceptors (Lipinski definition) is 6. The van der Waals surface area contributed by atoms with Crippen LogP contribution < -0.4 is 5.32 Å². The first-order valence-corrected chi connectivity index (χ1v) is 13.3. The van der Waals surface area contributed by atoms with Gasteiger partial charge in [-0.1, -0.05) is 0 Å². The van der Waals surface area contributed by atoms with Gasteiger partial charge >= 0.3 is 0 Å². The molecule has 174 valence electrons. The van der Waals surface area contributed by atoms with Crippen molar-refractivity contribution in [1.29, 1.82) is 0 Å². The number of guanidine groups is 1. The lowest BCUT2D eigenvalue weighted by Gasteiger charge is -2.37. The van der Waals surface area contributed by atoms with Gasteiger partial charge in [0.15, 0.2) is 5.96 Å². The fraction of sp³-hybridized carbons (Fsp3) is 0.889. The fourth-order valence-corrected chi connectivity index (χ4v) is 6.21. The summed E-state index contributed by atoms with van der Waals surface area (Å²) in [5.74, 6) is 2.57. The molecule has 0 aromatic carbocycles. The molecule has 3 heterocycles. The lowest BCUT2D eigenvalue weighted by molar-refractivity contribution is -0.142. The highest BCUT2D eigenvalue weighted by atomic mass is 127. The quantitative estimate of drug-likeness (QED) is 0.276. The number of piperazine rings is 1. The number of carbonyl (C=O) groups is 1. The molecule has 9 nitrogen and oxygen atoms in total. The van der Waals surface area contributed by atoms with Crippen molar-refractivity contribution in [2.24, 2.45) is 4.99 Å². The number of sulfonamides is 1. The molecule has 30 heavy (non-hydrogen) atoms. The van der Waals surface area contributed by atoms with E-state index in [4.69, 9.17) is 4.74 Å². The van der Waals surface area contributed by atoms with E-state index < -0.39 is 10.0 Å². The van der Waals surface area contributed by atoms with Crippen LogP contribution >= 0.6 is 35.7 Å². The molecule has 3 saturated heterocycles. The third-order valence-electron chi connectivity index (χ3n) is 5.41. The van der Waals surface area contributed by atoms with Crippen LogP contribution in [0.15, 0.2) is 4.99 Å². The zero-order chi connectivity index (χ0) is 20.7. The number of thioether (sulfide) groups is 1. The van der Waals surface area contributed by atoms with Crippen LogP contribution in [0.25, 0.3) is 0 Å². The highest BCUT2D eigenvalue weighted by Gasteiger charge is 2.31. The summed E-state index contributed by atoms with van der Waals surface area (Å²) in [6, 6.07) is 0. The normalized spacial score (nSPS) is 23.9. The maximum absolute atomic E-state index is 12.5. The van der Waals surface area contributed by atoms with Gasteiger partial charge in [0.2, 0.25) is 10.0 Å². The van der Waals surface area contributed by atoms with E-state index in [1.54, 1.807) is 16.1 Å². The Hall–Kier alpha value is -0.310. The Morgan fingerprint density at radius 2 is 1.80 bits per heavy atom. The molecule has 3 fully saturated rings. The minimum Gasteiger partial charge on any atom is -0.368 e. The fourth-order valence-electron chi connectivity index (χ4n) is 3.76. The second-order valence-electron chi connectivity index (χ2n) is 7.38. The zero-order valence-corrected chi connectivity index (χ0v) is 21.6. The molecule has 0 aliphatic carbocycles. The maximum atomic E-state index is 12.5. The summed E-state index contributed by atoms with van der Waals surface area (Å²) >= 11 is 1.79. The molecular formula is C18H34IN5O4S2. The van der Waals surface area contributed by atoms with Gasteiger partial charge in [0, 0.05) is 63.9 Å². The number of nitrogens with zero attached hydrogens (tertiary/aromatic N) is 4. The van der Waals surface area contributed by atoms with Crippen molar-refractivity contribution in [3.05, 3.63) is 0 Å². The van der Waals surface area contributed by atoms with Gasteiger partial charge in [-0.05, 0) is 19.8 Å². The summed E-state index contributed by atoms with van der Waals surface area (Å²) in [4.78, 5) is 21.0. The molecule has 3 aliphatic rings. The van der Waals surface area contributed by atoms with Crippen molar-refractivity contribution in [3.8, 4) is 0 Å². The van der Waals surface area contributed by atoms with Gasteiger partial charge in [-0.25, -0.2) is 12.7 Å². The van der Waals surface area contributed by atoms with Gasteiger partial charge in [-0.2, -0.15) is 11.8 Å². The summed E-state index contributed by atoms with van der Waals surface area (Å²) in [5, 5.41) is 3.25. The average molecular weight is 576 g/mol. The monoisotopic (exact) mass is 575 g/mol. The summed E-state index contributed by atoms with van der Waals surface area (Å²) < 4.78 is 32.1. The first kappa shape index (κ1) is 25.9. The van der Waals surface area contributed by atoms with E-state index in [-0.39, 0.29) is 48.3 Å². The largest absolute Gasteiger partial charge is 0.368 e. The molecule has 3 aliphatic heterocycles. The number of aliphatic imine (C=N–C) groups is 1. The highest BCUT2D eigenvalue weighted by Crippen LogP contribution is 2.16. The van der Waals surface area contributed by atoms with E-state index in [0.29, 0.717) is 52.4 Å². The molecule has 3 rings (SSSR count). The lowest BCUT2D eigenvalue weighted by atomic mass is 10.2. The Morgan fingerprint density at radius 3 is 2.40 bits per heavy atom. The van der Waals surface area contributed by atoms with E-state index >= 15 is 0 Å². The summed E-state index contributed by atoms with van der Waals surface area (Å²) in [6.07, 6.45) is 1.49. The van der Waals surface area contributed by atoms with Crippen LogP contribution in [0.4, 0.5) is 0 Å². The number of halogens is 1. The Labute approximate surface area is 201 Å². The van der Waals surface area contributed by atoms with Gasteiger partial charge in [0.25, 0.3) is 5.91 Å². The number of amides is 1. The van der Waals surface area contributed by atoms with Crippen LogP contribution in [-0.2, 0) is 19.6 Å². The molecule has 0 radical (unpaired) electrons. The van der Waals surface area contributed by atoms with Crippen LogP contribution in [0, 0.1) is 0 Å². The van der Waals surface area contributed by atoms with E-state index in [2.05, 4.69) is 15.2 Å². The average Bonchev–Trinajstić information content (AvgIpc) is 3.28. The van der Waals surface area contributed by atoms with E-state index in [0.717, 1.165) is 30.3 Å². The summed E-state index contributed by atoms with van der Waals surface area (Å²) in [7, 11) is -3.25. The molecule has 0 spiro atoms. The first-order valence-electron chi connectivity index (χ1n) is 10.5. The van der Waals surface area contributed by atoms with E-state index in [9.17, 15) is 13.2 Å². The number of ether oxygens (including phenoxy) is 1. The van der Waals surface area contributed by atoms with Gasteiger partial charge in [-0.15, -0.1) is 24.0 Å². The van der Waals surface area contributed by atoms with E-state index in [1.165, 1.54) is 0 Å². The van der Waals surface area contributed by atoms with Crippen LogP contribution in [-0.4, -0.2) is 117 Å². The molecule has 1 N–H and O–H groups in total. The van der Waals surface area contributed by atoms with Crippen LogP contribution in [0.5, 0.6) is 0 Å². The molecule has 1 atom stereocenters. The van der Waals surface area contributed by atoms with Gasteiger partial charge in [0.05, 0.1) is 12.3 Å². The van der Waals surface area contributed by atoms with Crippen molar-refractivity contribution in [2.45, 2.75) is 25.9 Å².